The third-order valence-corrected chi connectivity index (χ3v) is 7.96. The van der Waals surface area contributed by atoms with Crippen molar-refractivity contribution in [3.8, 4) is 0 Å². The number of hydrogen-bond acceptors (Lipinski definition) is 6. The Morgan fingerprint density at radius 1 is 1.19 bits per heavy atom. The van der Waals surface area contributed by atoms with E-state index in [2.05, 4.69) is 10.2 Å². The SMILES string of the molecule is CC(C)(C)OC(=O)N[C@H]1C[C@@H](N2Cc3ccc(S(C)(=O)=O)c(Cl)c3C2)CO[C@@H]1c1cc(F)ccc1F. The van der Waals surface area contributed by atoms with Gasteiger partial charge in [0.05, 0.1) is 22.6 Å². The number of hydrogen-bond donors (Lipinski definition) is 1. The summed E-state index contributed by atoms with van der Waals surface area (Å²) >= 11 is 6.45. The zero-order valence-corrected chi connectivity index (χ0v) is 22.1. The first-order valence-electron chi connectivity index (χ1n) is 11.5. The number of benzene rings is 2. The number of rotatable bonds is 4. The first-order valence-corrected chi connectivity index (χ1v) is 13.8. The van der Waals surface area contributed by atoms with Crippen molar-refractivity contribution in [1.82, 2.24) is 10.2 Å². The lowest BCUT2D eigenvalue weighted by Gasteiger charge is -2.40. The summed E-state index contributed by atoms with van der Waals surface area (Å²) in [5.74, 6) is -1.25. The maximum Gasteiger partial charge on any atom is 0.407 e. The van der Waals surface area contributed by atoms with Gasteiger partial charge in [-0.25, -0.2) is 22.0 Å². The lowest BCUT2D eigenvalue weighted by atomic mass is 9.92. The fourth-order valence-corrected chi connectivity index (χ4v) is 6.11. The summed E-state index contributed by atoms with van der Waals surface area (Å²) in [6, 6.07) is 5.47. The molecule has 3 atom stereocenters. The van der Waals surface area contributed by atoms with Gasteiger partial charge in [0.2, 0.25) is 0 Å². The van der Waals surface area contributed by atoms with E-state index in [1.807, 2.05) is 0 Å². The lowest BCUT2D eigenvalue weighted by Crippen LogP contribution is -2.52. The largest absolute Gasteiger partial charge is 0.444 e. The van der Waals surface area contributed by atoms with Crippen LogP contribution in [0.3, 0.4) is 0 Å². The Hall–Kier alpha value is -2.27. The fourth-order valence-electron chi connectivity index (χ4n) is 4.68. The monoisotopic (exact) mass is 542 g/mol. The molecule has 1 N–H and O–H groups in total. The summed E-state index contributed by atoms with van der Waals surface area (Å²) in [6.07, 6.45) is -0.135. The Balaban J connectivity index is 1.58. The molecule has 2 heterocycles. The van der Waals surface area contributed by atoms with Crippen LogP contribution in [0.5, 0.6) is 0 Å². The summed E-state index contributed by atoms with van der Waals surface area (Å²) < 4.78 is 64.1. The molecule has 1 fully saturated rings. The van der Waals surface area contributed by atoms with Crippen LogP contribution in [0, 0.1) is 11.6 Å². The van der Waals surface area contributed by atoms with Gasteiger partial charge in [0.25, 0.3) is 0 Å². The molecule has 11 heteroatoms. The summed E-state index contributed by atoms with van der Waals surface area (Å²) in [5, 5.41) is 2.98. The highest BCUT2D eigenvalue weighted by molar-refractivity contribution is 7.90. The molecule has 0 radical (unpaired) electrons. The van der Waals surface area contributed by atoms with Crippen LogP contribution in [0.25, 0.3) is 0 Å². The number of alkyl carbamates (subject to hydrolysis) is 1. The molecule has 0 spiro atoms. The molecule has 1 amide bonds. The minimum absolute atomic E-state index is 0.0139. The summed E-state index contributed by atoms with van der Waals surface area (Å²) in [7, 11) is -3.48. The van der Waals surface area contributed by atoms with Gasteiger partial charge in [-0.15, -0.1) is 0 Å². The molecule has 2 aliphatic heterocycles. The number of fused-ring (bicyclic) bond motifs is 1. The Labute approximate surface area is 214 Å². The molecule has 7 nitrogen and oxygen atoms in total. The third kappa shape index (κ3) is 5.82. The minimum Gasteiger partial charge on any atom is -0.444 e. The molecule has 0 saturated carbocycles. The first kappa shape index (κ1) is 26.8. The van der Waals surface area contributed by atoms with E-state index in [1.54, 1.807) is 26.8 Å². The average molecular weight is 543 g/mol. The number of carbonyl (C=O) groups excluding carboxylic acids is 1. The fraction of sp³-hybridized carbons (Fsp3) is 0.480. The highest BCUT2D eigenvalue weighted by Crippen LogP contribution is 2.38. The van der Waals surface area contributed by atoms with Gasteiger partial charge in [-0.1, -0.05) is 17.7 Å². The van der Waals surface area contributed by atoms with Crippen molar-refractivity contribution >= 4 is 27.5 Å². The van der Waals surface area contributed by atoms with Crippen LogP contribution in [-0.2, 0) is 32.4 Å². The molecule has 4 rings (SSSR count). The number of halogens is 3. The van der Waals surface area contributed by atoms with Crippen molar-refractivity contribution in [3.63, 3.8) is 0 Å². The van der Waals surface area contributed by atoms with Crippen molar-refractivity contribution in [1.29, 1.82) is 0 Å². The highest BCUT2D eigenvalue weighted by Gasteiger charge is 2.40. The Morgan fingerprint density at radius 3 is 2.58 bits per heavy atom. The van der Waals surface area contributed by atoms with Crippen LogP contribution in [0.2, 0.25) is 5.02 Å². The van der Waals surface area contributed by atoms with Gasteiger partial charge < -0.3 is 14.8 Å². The van der Waals surface area contributed by atoms with E-state index in [0.717, 1.165) is 35.6 Å². The van der Waals surface area contributed by atoms with Crippen LogP contribution in [0.4, 0.5) is 13.6 Å². The van der Waals surface area contributed by atoms with Crippen molar-refractivity contribution < 1.29 is 31.5 Å². The standard InChI is InChI=1S/C25H29ClF2N2O5S/c1-25(2,3)35-24(31)29-20-10-16(13-34-23(20)17-9-15(27)6-7-19(17)28)30-11-14-5-8-21(36(4,32)33)22(26)18(14)12-30/h5-9,16,20,23H,10-13H2,1-4H3,(H,29,31)/t16-,20+,23-/m1/s1. The molecule has 2 aromatic carbocycles. The average Bonchev–Trinajstić information content (AvgIpc) is 3.19. The molecule has 0 bridgehead atoms. The van der Waals surface area contributed by atoms with Gasteiger partial charge >= 0.3 is 6.09 Å². The first-order chi connectivity index (χ1) is 16.7. The Morgan fingerprint density at radius 2 is 1.92 bits per heavy atom. The van der Waals surface area contributed by atoms with E-state index in [4.69, 9.17) is 21.1 Å². The second-order valence-corrected chi connectivity index (χ2v) is 12.6. The van der Waals surface area contributed by atoms with E-state index < -0.39 is 45.3 Å². The van der Waals surface area contributed by atoms with Gasteiger partial charge in [-0.2, -0.15) is 0 Å². The molecule has 1 saturated heterocycles. The van der Waals surface area contributed by atoms with E-state index >= 15 is 0 Å². The zero-order chi connectivity index (χ0) is 26.4. The number of nitrogens with zero attached hydrogens (tertiary/aromatic N) is 1. The quantitative estimate of drug-likeness (QED) is 0.599. The molecule has 0 aromatic heterocycles. The lowest BCUT2D eigenvalue weighted by molar-refractivity contribution is -0.0627. The van der Waals surface area contributed by atoms with Crippen LogP contribution in [0.1, 0.15) is 50.0 Å². The number of nitrogens with one attached hydrogen (secondary N) is 1. The second kappa shape index (κ2) is 9.89. The Bertz CT molecular complexity index is 1280. The maximum atomic E-state index is 14.6. The van der Waals surface area contributed by atoms with Crippen LogP contribution in [-0.4, -0.2) is 50.0 Å². The summed E-state index contributed by atoms with van der Waals surface area (Å²) in [4.78, 5) is 14.7. The topological polar surface area (TPSA) is 84.9 Å². The molecule has 2 aromatic rings. The van der Waals surface area contributed by atoms with Crippen molar-refractivity contribution in [2.45, 2.75) is 69.0 Å². The molecular formula is C25H29ClF2N2O5S. The van der Waals surface area contributed by atoms with Crippen molar-refractivity contribution in [3.05, 3.63) is 63.7 Å². The third-order valence-electron chi connectivity index (χ3n) is 6.28. The van der Waals surface area contributed by atoms with Crippen LogP contribution < -0.4 is 5.32 Å². The second-order valence-electron chi connectivity index (χ2n) is 10.3. The van der Waals surface area contributed by atoms with Gasteiger partial charge in [0.1, 0.15) is 23.3 Å². The molecule has 2 aliphatic rings. The van der Waals surface area contributed by atoms with Gasteiger partial charge in [0.15, 0.2) is 9.84 Å². The van der Waals surface area contributed by atoms with Crippen LogP contribution >= 0.6 is 11.6 Å². The van der Waals surface area contributed by atoms with E-state index in [9.17, 15) is 22.0 Å². The number of carbonyl (C=O) groups is 1. The highest BCUT2D eigenvalue weighted by atomic mass is 35.5. The molecular weight excluding hydrogens is 514 g/mol. The number of amides is 1. The van der Waals surface area contributed by atoms with Gasteiger partial charge in [-0.05, 0) is 62.6 Å². The van der Waals surface area contributed by atoms with E-state index in [0.29, 0.717) is 19.5 Å². The molecule has 196 valence electrons. The smallest absolute Gasteiger partial charge is 0.407 e. The minimum atomic E-state index is -3.48. The van der Waals surface area contributed by atoms with E-state index in [1.165, 1.54) is 6.07 Å². The number of sulfone groups is 1. The van der Waals surface area contributed by atoms with Crippen molar-refractivity contribution in [2.24, 2.45) is 0 Å². The van der Waals surface area contributed by atoms with Crippen molar-refractivity contribution in [2.75, 3.05) is 12.9 Å². The normalized spacial score (nSPS) is 22.8. The summed E-state index contributed by atoms with van der Waals surface area (Å²) in [5.41, 5.74) is 0.903. The molecule has 0 unspecified atom stereocenters. The van der Waals surface area contributed by atoms with Crippen LogP contribution in [0.15, 0.2) is 35.2 Å². The molecule has 0 aliphatic carbocycles. The zero-order valence-electron chi connectivity index (χ0n) is 20.5. The predicted molar refractivity (Wildman–Crippen MR) is 130 cm³/mol. The summed E-state index contributed by atoms with van der Waals surface area (Å²) in [6.45, 7) is 6.28. The maximum absolute atomic E-state index is 14.6. The Kier molecular flexibility index (Phi) is 7.36. The predicted octanol–water partition coefficient (Wildman–Crippen LogP) is 4.76. The number of ether oxygens (including phenoxy) is 2. The van der Waals surface area contributed by atoms with E-state index in [-0.39, 0.29) is 28.1 Å². The van der Waals surface area contributed by atoms with Gasteiger partial charge in [0, 0.05) is 31.0 Å². The van der Waals surface area contributed by atoms with Gasteiger partial charge in [-0.3, -0.25) is 4.90 Å². The molecule has 36 heavy (non-hydrogen) atoms.